The maximum Gasteiger partial charge on any atom is 0.347 e. The third kappa shape index (κ3) is 4.11. The van der Waals surface area contributed by atoms with Gasteiger partial charge < -0.3 is 13.6 Å². The van der Waals surface area contributed by atoms with Gasteiger partial charge in [-0.05, 0) is 26.8 Å². The number of fused-ring (bicyclic) bond motifs is 1. The number of benzene rings is 1. The Hall–Kier alpha value is -1.10. The first-order valence-corrected chi connectivity index (χ1v) is 10.8. The van der Waals surface area contributed by atoms with E-state index in [-0.39, 0.29) is 19.8 Å². The van der Waals surface area contributed by atoms with E-state index in [1.54, 1.807) is 26.8 Å². The molecule has 0 spiro atoms. The average Bonchev–Trinajstić information content (AvgIpc) is 2.56. The van der Waals surface area contributed by atoms with Crippen LogP contribution in [0.15, 0.2) is 30.5 Å². The van der Waals surface area contributed by atoms with E-state index in [9.17, 15) is 9.13 Å². The van der Waals surface area contributed by atoms with E-state index in [1.807, 2.05) is 18.2 Å². The summed E-state index contributed by atoms with van der Waals surface area (Å²) in [6.07, 6.45) is 1.46. The molecular formula is C15H22N2O5P2. The molecule has 1 aromatic carbocycles. The molecular weight excluding hydrogens is 350 g/mol. The van der Waals surface area contributed by atoms with E-state index in [4.69, 9.17) is 13.6 Å². The summed E-state index contributed by atoms with van der Waals surface area (Å²) in [5, 5.41) is 7.68. The Morgan fingerprint density at radius 1 is 1.12 bits per heavy atom. The van der Waals surface area contributed by atoms with Crippen LogP contribution in [-0.4, -0.2) is 30.0 Å². The van der Waals surface area contributed by atoms with Gasteiger partial charge in [-0.15, -0.1) is 0 Å². The number of aromatic nitrogens is 2. The molecule has 0 amide bonds. The van der Waals surface area contributed by atoms with Crippen molar-refractivity contribution in [3.8, 4) is 0 Å². The predicted octanol–water partition coefficient (Wildman–Crippen LogP) is 4.41. The first kappa shape index (κ1) is 19.2. The van der Waals surface area contributed by atoms with Crippen LogP contribution in [0.2, 0.25) is 0 Å². The van der Waals surface area contributed by atoms with Crippen molar-refractivity contribution in [2.75, 3.05) is 19.8 Å². The monoisotopic (exact) mass is 372 g/mol. The Kier molecular flexibility index (Phi) is 7.08. The molecule has 132 valence electrons. The molecule has 0 aliphatic carbocycles. The molecule has 24 heavy (non-hydrogen) atoms. The summed E-state index contributed by atoms with van der Waals surface area (Å²) in [5.41, 5.74) is 1.12. The molecule has 9 heteroatoms. The summed E-state index contributed by atoms with van der Waals surface area (Å²) in [7, 11) is -6.45. The zero-order valence-corrected chi connectivity index (χ0v) is 15.9. The first-order chi connectivity index (χ1) is 11.6. The quantitative estimate of drug-likeness (QED) is 0.603. The maximum absolute atomic E-state index is 13.3. The molecule has 0 bridgehead atoms. The van der Waals surface area contributed by atoms with Crippen LogP contribution in [0, 0.1) is 0 Å². The van der Waals surface area contributed by atoms with Gasteiger partial charge >= 0.3 is 7.60 Å². The second kappa shape index (κ2) is 8.84. The van der Waals surface area contributed by atoms with Crippen molar-refractivity contribution in [1.82, 2.24) is 10.2 Å². The van der Waals surface area contributed by atoms with Crippen LogP contribution in [0.5, 0.6) is 0 Å². The average molecular weight is 372 g/mol. The summed E-state index contributed by atoms with van der Waals surface area (Å²) in [5.74, 6) is 0. The summed E-state index contributed by atoms with van der Waals surface area (Å²) in [4.78, 5) is 0. The van der Waals surface area contributed by atoms with Crippen LogP contribution in [0.4, 0.5) is 0 Å². The fourth-order valence-electron chi connectivity index (χ4n) is 2.44. The predicted molar refractivity (Wildman–Crippen MR) is 93.8 cm³/mol. The second-order valence-electron chi connectivity index (χ2n) is 4.85. The Bertz CT molecular complexity index is 740. The lowest BCUT2D eigenvalue weighted by Gasteiger charge is -2.26. The van der Waals surface area contributed by atoms with E-state index in [0.29, 0.717) is 16.5 Å². The van der Waals surface area contributed by atoms with Gasteiger partial charge in [0, 0.05) is 10.9 Å². The molecule has 1 aromatic heterocycles. The fourth-order valence-corrected chi connectivity index (χ4v) is 6.71. The normalized spacial score (nSPS) is 14.6. The highest BCUT2D eigenvalue weighted by molar-refractivity contribution is 7.66. The lowest BCUT2D eigenvalue weighted by atomic mass is 10.1. The molecule has 2 unspecified atom stereocenters. The Balaban J connectivity index is 2.65. The minimum Gasteiger partial charge on any atom is -0.330 e. The van der Waals surface area contributed by atoms with Gasteiger partial charge in [-0.3, -0.25) is 9.13 Å². The fraction of sp³-hybridized carbons (Fsp3) is 0.467. The number of hydrogen-bond acceptors (Lipinski definition) is 7. The van der Waals surface area contributed by atoms with Crippen molar-refractivity contribution in [2.45, 2.75) is 26.2 Å². The Morgan fingerprint density at radius 3 is 2.42 bits per heavy atom. The van der Waals surface area contributed by atoms with Crippen LogP contribution in [0.3, 0.4) is 0 Å². The maximum atomic E-state index is 13.3. The third-order valence-electron chi connectivity index (χ3n) is 3.32. The molecule has 2 aromatic rings. The number of nitrogens with zero attached hydrogens (tertiary/aromatic N) is 2. The summed E-state index contributed by atoms with van der Waals surface area (Å²) < 4.78 is 42.3. The molecule has 2 rings (SSSR count). The van der Waals surface area contributed by atoms with E-state index in [1.165, 1.54) is 6.20 Å². The zero-order chi connectivity index (χ0) is 17.6. The van der Waals surface area contributed by atoms with Crippen molar-refractivity contribution in [3.05, 3.63) is 36.0 Å². The topological polar surface area (TPSA) is 87.6 Å². The van der Waals surface area contributed by atoms with Crippen molar-refractivity contribution >= 4 is 26.5 Å². The van der Waals surface area contributed by atoms with Crippen LogP contribution in [0.25, 0.3) is 10.9 Å². The standard InChI is InChI=1S/C15H22N2O5P2/c1-4-20-23(18)15(24(19,21-5-2)22-6-3)13-11-16-17-14-10-8-7-9-12(13)14/h7-11,15,23H,4-6H2,1-3H3. The molecule has 0 radical (unpaired) electrons. The SMILES string of the molecule is CCO[PH](=O)C(c1cnnc2ccccc12)P(=O)(OCC)OCC. The molecule has 7 nitrogen and oxygen atoms in total. The van der Waals surface area contributed by atoms with Gasteiger partial charge in [-0.1, -0.05) is 18.2 Å². The highest BCUT2D eigenvalue weighted by Gasteiger charge is 2.43. The summed E-state index contributed by atoms with van der Waals surface area (Å²) >= 11 is 0. The zero-order valence-electron chi connectivity index (χ0n) is 14.0. The highest BCUT2D eigenvalue weighted by Crippen LogP contribution is 2.70. The van der Waals surface area contributed by atoms with Gasteiger partial charge in [0.2, 0.25) is 8.03 Å². The van der Waals surface area contributed by atoms with E-state index >= 15 is 0 Å². The van der Waals surface area contributed by atoms with E-state index in [2.05, 4.69) is 10.2 Å². The summed E-state index contributed by atoms with van der Waals surface area (Å²) in [6.45, 7) is 5.74. The van der Waals surface area contributed by atoms with Gasteiger partial charge in [0.15, 0.2) is 5.40 Å². The van der Waals surface area contributed by atoms with Crippen LogP contribution in [0.1, 0.15) is 31.7 Å². The van der Waals surface area contributed by atoms with Crippen LogP contribution in [-0.2, 0) is 22.7 Å². The van der Waals surface area contributed by atoms with Crippen molar-refractivity contribution in [1.29, 1.82) is 0 Å². The minimum absolute atomic E-state index is 0.172. The van der Waals surface area contributed by atoms with Gasteiger partial charge in [0.25, 0.3) is 0 Å². The molecule has 0 aliphatic heterocycles. The highest BCUT2D eigenvalue weighted by atomic mass is 31.2. The lowest BCUT2D eigenvalue weighted by molar-refractivity contribution is 0.216. The molecule has 0 saturated carbocycles. The van der Waals surface area contributed by atoms with Crippen molar-refractivity contribution < 1.29 is 22.7 Å². The van der Waals surface area contributed by atoms with Crippen molar-refractivity contribution in [3.63, 3.8) is 0 Å². The first-order valence-electron chi connectivity index (χ1n) is 7.83. The third-order valence-corrected chi connectivity index (χ3v) is 8.37. The molecule has 0 aliphatic rings. The summed E-state index contributed by atoms with van der Waals surface area (Å²) in [6, 6.07) is 7.25. The minimum atomic E-state index is -3.70. The van der Waals surface area contributed by atoms with Crippen LogP contribution >= 0.6 is 15.6 Å². The van der Waals surface area contributed by atoms with E-state index < -0.39 is 21.0 Å². The number of hydrogen-bond donors (Lipinski definition) is 0. The lowest BCUT2D eigenvalue weighted by Crippen LogP contribution is -2.07. The van der Waals surface area contributed by atoms with E-state index in [0.717, 1.165) is 0 Å². The molecule has 0 saturated heterocycles. The van der Waals surface area contributed by atoms with Gasteiger partial charge in [0.1, 0.15) is 0 Å². The Labute approximate surface area is 142 Å². The van der Waals surface area contributed by atoms with Crippen molar-refractivity contribution in [2.24, 2.45) is 0 Å². The number of rotatable bonds is 9. The largest absolute Gasteiger partial charge is 0.347 e. The molecule has 2 atom stereocenters. The Morgan fingerprint density at radius 2 is 1.79 bits per heavy atom. The smallest absolute Gasteiger partial charge is 0.330 e. The van der Waals surface area contributed by atoms with Gasteiger partial charge in [-0.2, -0.15) is 10.2 Å². The molecule has 0 N–H and O–H groups in total. The molecule has 0 fully saturated rings. The van der Waals surface area contributed by atoms with Gasteiger partial charge in [0.05, 0.1) is 31.5 Å². The van der Waals surface area contributed by atoms with Gasteiger partial charge in [-0.25, -0.2) is 0 Å². The van der Waals surface area contributed by atoms with Crippen LogP contribution < -0.4 is 0 Å². The second-order valence-corrected chi connectivity index (χ2v) is 8.95. The molecule has 1 heterocycles.